The first-order valence-corrected chi connectivity index (χ1v) is 9.98. The fourth-order valence-electron chi connectivity index (χ4n) is 3.53. The summed E-state index contributed by atoms with van der Waals surface area (Å²) in [4.78, 5) is 44.5. The van der Waals surface area contributed by atoms with E-state index < -0.39 is 35.0 Å². The summed E-state index contributed by atoms with van der Waals surface area (Å²) >= 11 is 0. The van der Waals surface area contributed by atoms with E-state index in [2.05, 4.69) is 25.9 Å². The lowest BCUT2D eigenvalue weighted by Gasteiger charge is -2.24. The van der Waals surface area contributed by atoms with Gasteiger partial charge in [-0.15, -0.1) is 0 Å². The molecular formula is C22H18F3N5O4. The molecule has 12 heteroatoms. The molecule has 0 bridgehead atoms. The van der Waals surface area contributed by atoms with E-state index in [1.54, 1.807) is 24.3 Å². The molecule has 2 amide bonds. The van der Waals surface area contributed by atoms with Crippen molar-refractivity contribution in [1.82, 2.24) is 9.97 Å². The van der Waals surface area contributed by atoms with E-state index in [1.165, 1.54) is 19.2 Å². The second-order valence-corrected chi connectivity index (χ2v) is 7.37. The maximum atomic E-state index is 13.0. The summed E-state index contributed by atoms with van der Waals surface area (Å²) in [7, 11) is 1.43. The van der Waals surface area contributed by atoms with E-state index in [4.69, 9.17) is 4.74 Å². The Morgan fingerprint density at radius 1 is 1.15 bits per heavy atom. The molecule has 2 heterocycles. The van der Waals surface area contributed by atoms with Crippen molar-refractivity contribution in [3.8, 4) is 5.75 Å². The Bertz CT molecular complexity index is 1320. The lowest BCUT2D eigenvalue weighted by atomic mass is 9.92. The van der Waals surface area contributed by atoms with Gasteiger partial charge in [0.1, 0.15) is 11.6 Å². The highest BCUT2D eigenvalue weighted by atomic mass is 19.4. The maximum absolute atomic E-state index is 13.0. The topological polar surface area (TPSA) is 125 Å². The fourth-order valence-corrected chi connectivity index (χ4v) is 3.53. The summed E-state index contributed by atoms with van der Waals surface area (Å²) < 4.78 is 44.1. The third-order valence-corrected chi connectivity index (χ3v) is 5.09. The van der Waals surface area contributed by atoms with Gasteiger partial charge in [0.25, 0.3) is 5.56 Å². The number of benzene rings is 2. The monoisotopic (exact) mass is 473 g/mol. The molecule has 1 aliphatic heterocycles. The van der Waals surface area contributed by atoms with Gasteiger partial charge in [0.15, 0.2) is 0 Å². The molecule has 0 fully saturated rings. The minimum atomic E-state index is -4.55. The average Bonchev–Trinajstić information content (AvgIpc) is 2.78. The molecule has 1 atom stereocenters. The van der Waals surface area contributed by atoms with Crippen molar-refractivity contribution >= 4 is 35.0 Å². The Hall–Kier alpha value is -4.35. The number of hydrogen-bond acceptors (Lipinski definition) is 6. The second kappa shape index (κ2) is 8.89. The van der Waals surface area contributed by atoms with Crippen LogP contribution in [0.5, 0.6) is 5.75 Å². The van der Waals surface area contributed by atoms with Crippen LogP contribution in [-0.4, -0.2) is 28.9 Å². The van der Waals surface area contributed by atoms with Gasteiger partial charge in [-0.1, -0.05) is 18.2 Å². The van der Waals surface area contributed by atoms with Crippen LogP contribution in [0.15, 0.2) is 53.3 Å². The summed E-state index contributed by atoms with van der Waals surface area (Å²) in [6, 6.07) is 10.9. The van der Waals surface area contributed by atoms with Crippen molar-refractivity contribution in [3.05, 3.63) is 70.0 Å². The molecule has 0 spiro atoms. The number of hydrogen-bond donors (Lipinski definition) is 4. The third-order valence-electron chi connectivity index (χ3n) is 5.09. The van der Waals surface area contributed by atoms with Gasteiger partial charge >= 0.3 is 6.18 Å². The molecule has 0 aliphatic carbocycles. The van der Waals surface area contributed by atoms with Gasteiger partial charge in [-0.25, -0.2) is 0 Å². The minimum absolute atomic E-state index is 0.0190. The summed E-state index contributed by atoms with van der Waals surface area (Å²) in [6.07, 6.45) is -4.84. The van der Waals surface area contributed by atoms with Crippen LogP contribution in [0.25, 0.3) is 0 Å². The van der Waals surface area contributed by atoms with Gasteiger partial charge in [0.2, 0.25) is 17.8 Å². The van der Waals surface area contributed by atoms with Crippen molar-refractivity contribution in [2.24, 2.45) is 0 Å². The molecular weight excluding hydrogens is 455 g/mol. The third kappa shape index (κ3) is 4.70. The zero-order chi connectivity index (χ0) is 24.5. The molecule has 0 saturated heterocycles. The molecule has 34 heavy (non-hydrogen) atoms. The molecule has 1 aliphatic rings. The average molecular weight is 473 g/mol. The fraction of sp³-hybridized carbons (Fsp3) is 0.182. The summed E-state index contributed by atoms with van der Waals surface area (Å²) in [5.74, 6) is -2.28. The second-order valence-electron chi connectivity index (χ2n) is 7.37. The van der Waals surface area contributed by atoms with E-state index in [1.807, 2.05) is 0 Å². The van der Waals surface area contributed by atoms with Crippen LogP contribution < -0.4 is 26.2 Å². The predicted molar refractivity (Wildman–Crippen MR) is 117 cm³/mol. The number of carbonyl (C=O) groups is 2. The molecule has 3 aromatic rings. The van der Waals surface area contributed by atoms with Gasteiger partial charge < -0.3 is 20.7 Å². The number of methoxy groups -OCH3 is 1. The lowest BCUT2D eigenvalue weighted by Crippen LogP contribution is -2.36. The first-order valence-electron chi connectivity index (χ1n) is 9.98. The van der Waals surface area contributed by atoms with E-state index in [0.717, 1.165) is 12.1 Å². The number of halogens is 3. The number of anilines is 4. The van der Waals surface area contributed by atoms with E-state index in [0.29, 0.717) is 11.4 Å². The van der Waals surface area contributed by atoms with Crippen molar-refractivity contribution in [1.29, 1.82) is 0 Å². The predicted octanol–water partition coefficient (Wildman–Crippen LogP) is 3.61. The SMILES string of the molecule is COc1ccccc1NC(=O)C1CC(=O)Nc2nc(Nc3cccc(C(F)(F)F)c3)[nH]c(=O)c21. The molecule has 0 radical (unpaired) electrons. The zero-order valence-electron chi connectivity index (χ0n) is 17.6. The van der Waals surface area contributed by atoms with Crippen molar-refractivity contribution in [2.45, 2.75) is 18.5 Å². The molecule has 1 aromatic heterocycles. The Kier molecular flexibility index (Phi) is 5.97. The number of nitrogens with one attached hydrogen (secondary N) is 4. The van der Waals surface area contributed by atoms with Crippen LogP contribution in [0.1, 0.15) is 23.5 Å². The molecule has 4 N–H and O–H groups in total. The highest BCUT2D eigenvalue weighted by molar-refractivity contribution is 6.05. The quantitative estimate of drug-likeness (QED) is 0.449. The minimum Gasteiger partial charge on any atom is -0.495 e. The first kappa shape index (κ1) is 22.8. The van der Waals surface area contributed by atoms with Gasteiger partial charge in [0, 0.05) is 12.1 Å². The van der Waals surface area contributed by atoms with Gasteiger partial charge in [0.05, 0.1) is 29.8 Å². The number of H-pyrrole nitrogens is 1. The molecule has 0 saturated carbocycles. The Morgan fingerprint density at radius 3 is 2.65 bits per heavy atom. The van der Waals surface area contributed by atoms with Crippen molar-refractivity contribution < 1.29 is 27.5 Å². The number of para-hydroxylation sites is 2. The number of fused-ring (bicyclic) bond motifs is 1. The van der Waals surface area contributed by atoms with Crippen molar-refractivity contribution in [2.75, 3.05) is 23.1 Å². The smallest absolute Gasteiger partial charge is 0.416 e. The van der Waals surface area contributed by atoms with Gasteiger partial charge in [-0.3, -0.25) is 19.4 Å². The number of aromatic nitrogens is 2. The largest absolute Gasteiger partial charge is 0.495 e. The van der Waals surface area contributed by atoms with Crippen LogP contribution in [0.4, 0.5) is 36.3 Å². The van der Waals surface area contributed by atoms with E-state index >= 15 is 0 Å². The Balaban J connectivity index is 1.64. The highest BCUT2D eigenvalue weighted by Gasteiger charge is 2.35. The lowest BCUT2D eigenvalue weighted by molar-refractivity contribution is -0.137. The van der Waals surface area contributed by atoms with Crippen molar-refractivity contribution in [3.63, 3.8) is 0 Å². The van der Waals surface area contributed by atoms with Crippen LogP contribution >= 0.6 is 0 Å². The van der Waals surface area contributed by atoms with Crippen LogP contribution in [0.3, 0.4) is 0 Å². The van der Waals surface area contributed by atoms with Gasteiger partial charge in [-0.2, -0.15) is 18.2 Å². The number of rotatable bonds is 5. The number of carbonyl (C=O) groups excluding carboxylic acids is 2. The molecule has 9 nitrogen and oxygen atoms in total. The number of nitrogens with zero attached hydrogens (tertiary/aromatic N) is 1. The van der Waals surface area contributed by atoms with Crippen LogP contribution in [0.2, 0.25) is 0 Å². The maximum Gasteiger partial charge on any atom is 0.416 e. The number of aromatic amines is 1. The Labute approximate surface area is 190 Å². The summed E-state index contributed by atoms with van der Waals surface area (Å²) in [5, 5.41) is 7.67. The normalized spacial score (nSPS) is 15.2. The summed E-state index contributed by atoms with van der Waals surface area (Å²) in [6.45, 7) is 0. The highest BCUT2D eigenvalue weighted by Crippen LogP contribution is 2.33. The van der Waals surface area contributed by atoms with Gasteiger partial charge in [-0.05, 0) is 30.3 Å². The van der Waals surface area contributed by atoms with Crippen LogP contribution in [0, 0.1) is 0 Å². The number of amides is 2. The van der Waals surface area contributed by atoms with E-state index in [9.17, 15) is 27.6 Å². The van der Waals surface area contributed by atoms with Crippen LogP contribution in [-0.2, 0) is 15.8 Å². The number of alkyl halides is 3. The summed E-state index contributed by atoms with van der Waals surface area (Å²) in [5.41, 5.74) is -1.30. The first-order chi connectivity index (χ1) is 16.2. The molecule has 176 valence electrons. The van der Waals surface area contributed by atoms with E-state index in [-0.39, 0.29) is 29.4 Å². The molecule has 2 aromatic carbocycles. The molecule has 4 rings (SSSR count). The number of ether oxygens (including phenoxy) is 1. The Morgan fingerprint density at radius 2 is 1.91 bits per heavy atom. The molecule has 1 unspecified atom stereocenters. The standard InChI is InChI=1S/C22H18F3N5O4/c1-34-15-8-3-2-7-14(15)27-19(32)13-10-16(31)28-18-17(13)20(33)30-21(29-18)26-12-6-4-5-11(9-12)22(23,24)25/h2-9,13H,10H2,1H3,(H,27,32)(H3,26,28,29,30,31,33). The zero-order valence-corrected chi connectivity index (χ0v) is 17.6.